The van der Waals surface area contributed by atoms with Crippen LogP contribution in [0.1, 0.15) is 130 Å². The smallest absolute Gasteiger partial charge is 0.300 e. The zero-order chi connectivity index (χ0) is 26.5. The fourth-order valence-corrected chi connectivity index (χ4v) is 3.07. The molecule has 0 aliphatic carbocycles. The van der Waals surface area contributed by atoms with Crippen molar-refractivity contribution in [1.82, 2.24) is 10.6 Å². The Balaban J connectivity index is -0.00000103. The molecule has 8 nitrogen and oxygen atoms in total. The van der Waals surface area contributed by atoms with Gasteiger partial charge >= 0.3 is 0 Å². The summed E-state index contributed by atoms with van der Waals surface area (Å²) < 4.78 is 0. The van der Waals surface area contributed by atoms with Crippen LogP contribution in [0.5, 0.6) is 0 Å². The van der Waals surface area contributed by atoms with Crippen LogP contribution < -0.4 is 10.6 Å². The SMILES string of the molecule is CC(=O)O.CC(=O)O.CCCCCCCCCC(=O)NCCNC(=O)CCCCCCCCC. The molecule has 0 rings (SSSR count). The number of unbranched alkanes of at least 4 members (excludes halogenated alkanes) is 12. The third kappa shape index (κ3) is 47.6. The van der Waals surface area contributed by atoms with Crippen molar-refractivity contribution in [3.05, 3.63) is 0 Å². The first-order chi connectivity index (χ1) is 16.2. The summed E-state index contributed by atoms with van der Waals surface area (Å²) in [4.78, 5) is 41.4. The third-order valence-corrected chi connectivity index (χ3v) is 4.78. The number of hydrogen-bond acceptors (Lipinski definition) is 4. The van der Waals surface area contributed by atoms with Crippen molar-refractivity contribution in [2.24, 2.45) is 0 Å². The van der Waals surface area contributed by atoms with Gasteiger partial charge < -0.3 is 20.8 Å². The van der Waals surface area contributed by atoms with E-state index in [0.29, 0.717) is 25.9 Å². The summed E-state index contributed by atoms with van der Waals surface area (Å²) in [6, 6.07) is 0. The predicted octanol–water partition coefficient (Wildman–Crippen LogP) is 5.68. The molecular formula is C26H52N2O6. The van der Waals surface area contributed by atoms with Crippen LogP contribution >= 0.6 is 0 Å². The molecule has 202 valence electrons. The minimum Gasteiger partial charge on any atom is -0.481 e. The lowest BCUT2D eigenvalue weighted by molar-refractivity contribution is -0.135. The summed E-state index contributed by atoms with van der Waals surface area (Å²) in [5.74, 6) is -1.44. The average molecular weight is 489 g/mol. The van der Waals surface area contributed by atoms with Gasteiger partial charge in [0.15, 0.2) is 0 Å². The summed E-state index contributed by atoms with van der Waals surface area (Å²) in [5.41, 5.74) is 0. The topological polar surface area (TPSA) is 133 Å². The lowest BCUT2D eigenvalue weighted by Crippen LogP contribution is -2.34. The molecule has 0 spiro atoms. The molecule has 0 heterocycles. The third-order valence-electron chi connectivity index (χ3n) is 4.78. The number of carboxylic acid groups (broad SMARTS) is 2. The number of amides is 2. The van der Waals surface area contributed by atoms with E-state index in [1.807, 2.05) is 0 Å². The highest BCUT2D eigenvalue weighted by molar-refractivity contribution is 5.77. The number of carbonyl (C=O) groups is 4. The quantitative estimate of drug-likeness (QED) is 0.173. The highest BCUT2D eigenvalue weighted by atomic mass is 16.4. The molecule has 0 atom stereocenters. The molecule has 0 bridgehead atoms. The second-order valence-electron chi connectivity index (χ2n) is 8.48. The molecule has 0 radical (unpaired) electrons. The van der Waals surface area contributed by atoms with Crippen LogP contribution in [0.15, 0.2) is 0 Å². The van der Waals surface area contributed by atoms with E-state index in [2.05, 4.69) is 24.5 Å². The fraction of sp³-hybridized carbons (Fsp3) is 0.846. The zero-order valence-corrected chi connectivity index (χ0v) is 22.3. The molecule has 8 heteroatoms. The molecule has 4 N–H and O–H groups in total. The summed E-state index contributed by atoms with van der Waals surface area (Å²) in [6.45, 7) is 7.70. The summed E-state index contributed by atoms with van der Waals surface area (Å²) >= 11 is 0. The van der Waals surface area contributed by atoms with Gasteiger partial charge in [0.05, 0.1) is 0 Å². The van der Waals surface area contributed by atoms with E-state index in [1.54, 1.807) is 0 Å². The Labute approximate surface area is 207 Å². The summed E-state index contributed by atoms with van der Waals surface area (Å²) in [5, 5.41) is 20.6. The standard InChI is InChI=1S/C22H44N2O2.2C2H4O2/c1-3-5-7-9-11-13-15-17-21(25)23-19-20-24-22(26)18-16-14-12-10-8-6-4-2;2*1-2(3)4/h3-20H2,1-2H3,(H,23,25)(H,24,26);2*1H3,(H,3,4). The van der Waals surface area contributed by atoms with E-state index in [4.69, 9.17) is 19.8 Å². The fourth-order valence-electron chi connectivity index (χ4n) is 3.07. The molecule has 0 fully saturated rings. The highest BCUT2D eigenvalue weighted by Gasteiger charge is 2.03. The van der Waals surface area contributed by atoms with Gasteiger partial charge in [0, 0.05) is 39.8 Å². The van der Waals surface area contributed by atoms with Gasteiger partial charge in [-0.3, -0.25) is 19.2 Å². The van der Waals surface area contributed by atoms with Crippen LogP contribution in [0.25, 0.3) is 0 Å². The van der Waals surface area contributed by atoms with Crippen molar-refractivity contribution in [2.75, 3.05) is 13.1 Å². The van der Waals surface area contributed by atoms with Gasteiger partial charge in [-0.1, -0.05) is 90.9 Å². The molecule has 0 saturated carbocycles. The molecule has 0 aromatic carbocycles. The van der Waals surface area contributed by atoms with Crippen LogP contribution in [0.3, 0.4) is 0 Å². The Kier molecular flexibility index (Phi) is 33.1. The van der Waals surface area contributed by atoms with Crippen molar-refractivity contribution in [3.8, 4) is 0 Å². The molecule has 0 aliphatic heterocycles. The lowest BCUT2D eigenvalue weighted by atomic mass is 10.1. The van der Waals surface area contributed by atoms with E-state index >= 15 is 0 Å². The Morgan fingerprint density at radius 2 is 0.735 bits per heavy atom. The van der Waals surface area contributed by atoms with Crippen molar-refractivity contribution < 1.29 is 29.4 Å². The average Bonchev–Trinajstić information content (AvgIpc) is 2.74. The Bertz CT molecular complexity index is 446. The molecule has 0 aromatic rings. The van der Waals surface area contributed by atoms with E-state index in [0.717, 1.165) is 39.5 Å². The van der Waals surface area contributed by atoms with E-state index < -0.39 is 11.9 Å². The molecule has 0 aromatic heterocycles. The van der Waals surface area contributed by atoms with Crippen LogP contribution in [0.4, 0.5) is 0 Å². The Morgan fingerprint density at radius 3 is 1.00 bits per heavy atom. The van der Waals surface area contributed by atoms with Crippen LogP contribution in [0.2, 0.25) is 0 Å². The number of carboxylic acids is 2. The normalized spacial score (nSPS) is 9.65. The number of aliphatic carboxylic acids is 2. The molecular weight excluding hydrogens is 436 g/mol. The van der Waals surface area contributed by atoms with Crippen molar-refractivity contribution in [2.45, 2.75) is 130 Å². The van der Waals surface area contributed by atoms with Crippen molar-refractivity contribution >= 4 is 23.8 Å². The second kappa shape index (κ2) is 30.9. The first-order valence-electron chi connectivity index (χ1n) is 13.1. The van der Waals surface area contributed by atoms with Crippen molar-refractivity contribution in [3.63, 3.8) is 0 Å². The molecule has 2 amide bonds. The Hall–Kier alpha value is -2.12. The number of hydrogen-bond donors (Lipinski definition) is 4. The van der Waals surface area contributed by atoms with Gasteiger partial charge in [0.25, 0.3) is 11.9 Å². The number of rotatable bonds is 19. The zero-order valence-electron chi connectivity index (χ0n) is 22.3. The minimum atomic E-state index is -0.833. The first kappa shape index (κ1) is 36.4. The molecule has 0 unspecified atom stereocenters. The van der Waals surface area contributed by atoms with Gasteiger partial charge in [-0.25, -0.2) is 0 Å². The molecule has 0 aliphatic rings. The van der Waals surface area contributed by atoms with E-state index in [1.165, 1.54) is 64.2 Å². The largest absolute Gasteiger partial charge is 0.481 e. The maximum atomic E-state index is 11.7. The first-order valence-corrected chi connectivity index (χ1v) is 13.1. The maximum absolute atomic E-state index is 11.7. The van der Waals surface area contributed by atoms with Crippen LogP contribution in [-0.2, 0) is 19.2 Å². The van der Waals surface area contributed by atoms with E-state index in [-0.39, 0.29) is 11.8 Å². The number of carbonyl (C=O) groups excluding carboxylic acids is 2. The maximum Gasteiger partial charge on any atom is 0.300 e. The van der Waals surface area contributed by atoms with Gasteiger partial charge in [-0.15, -0.1) is 0 Å². The highest BCUT2D eigenvalue weighted by Crippen LogP contribution is 2.09. The molecule has 0 saturated heterocycles. The second-order valence-corrected chi connectivity index (χ2v) is 8.48. The lowest BCUT2D eigenvalue weighted by Gasteiger charge is -2.07. The monoisotopic (exact) mass is 488 g/mol. The van der Waals surface area contributed by atoms with Gasteiger partial charge in [0.1, 0.15) is 0 Å². The summed E-state index contributed by atoms with van der Waals surface area (Å²) in [6.07, 6.45) is 18.4. The van der Waals surface area contributed by atoms with Crippen LogP contribution in [-0.4, -0.2) is 47.1 Å². The Morgan fingerprint density at radius 1 is 0.500 bits per heavy atom. The minimum absolute atomic E-state index is 0.111. The molecule has 34 heavy (non-hydrogen) atoms. The van der Waals surface area contributed by atoms with Gasteiger partial charge in [-0.05, 0) is 12.8 Å². The van der Waals surface area contributed by atoms with E-state index in [9.17, 15) is 9.59 Å². The van der Waals surface area contributed by atoms with Crippen molar-refractivity contribution in [1.29, 1.82) is 0 Å². The predicted molar refractivity (Wildman–Crippen MR) is 138 cm³/mol. The van der Waals surface area contributed by atoms with Gasteiger partial charge in [0.2, 0.25) is 11.8 Å². The summed E-state index contributed by atoms with van der Waals surface area (Å²) in [7, 11) is 0. The number of nitrogens with one attached hydrogen (secondary N) is 2. The van der Waals surface area contributed by atoms with Crippen LogP contribution in [0, 0.1) is 0 Å². The van der Waals surface area contributed by atoms with Gasteiger partial charge in [-0.2, -0.15) is 0 Å².